The summed E-state index contributed by atoms with van der Waals surface area (Å²) in [5.74, 6) is -0.899. The van der Waals surface area contributed by atoms with Crippen LogP contribution in [0.5, 0.6) is 0 Å². The number of nitrogens with one attached hydrogen (secondary N) is 2. The van der Waals surface area contributed by atoms with Crippen LogP contribution in [0.2, 0.25) is 0 Å². The molecule has 4 aromatic heterocycles. The summed E-state index contributed by atoms with van der Waals surface area (Å²) in [6.07, 6.45) is -6.15. The molecule has 4 aromatic carbocycles. The van der Waals surface area contributed by atoms with Crippen LogP contribution in [0, 0.1) is 13.8 Å². The summed E-state index contributed by atoms with van der Waals surface area (Å²) in [5, 5.41) is 19.5. The molecular formula is C41H29F6N7O4. The fourth-order valence-corrected chi connectivity index (χ4v) is 6.61. The molecule has 0 aliphatic carbocycles. The summed E-state index contributed by atoms with van der Waals surface area (Å²) in [7, 11) is 0. The predicted molar refractivity (Wildman–Crippen MR) is 200 cm³/mol. The molecule has 0 atom stereocenters. The molecule has 2 amide bonds. The van der Waals surface area contributed by atoms with Crippen molar-refractivity contribution in [1.29, 1.82) is 0 Å². The van der Waals surface area contributed by atoms with E-state index >= 15 is 0 Å². The molecule has 2 N–H and O–H groups in total. The van der Waals surface area contributed by atoms with Crippen molar-refractivity contribution >= 4 is 45.3 Å². The number of para-hydroxylation sites is 1. The lowest BCUT2D eigenvalue weighted by Crippen LogP contribution is -2.13. The first-order valence-corrected chi connectivity index (χ1v) is 17.5. The smallest absolute Gasteiger partial charge is 0.416 e. The van der Waals surface area contributed by atoms with Gasteiger partial charge in [0.1, 0.15) is 0 Å². The Morgan fingerprint density at radius 2 is 1.21 bits per heavy atom. The summed E-state index contributed by atoms with van der Waals surface area (Å²) in [6.45, 7) is 3.57. The van der Waals surface area contributed by atoms with Crippen LogP contribution in [0.3, 0.4) is 0 Å². The second kappa shape index (κ2) is 14.4. The van der Waals surface area contributed by atoms with Crippen LogP contribution in [0.25, 0.3) is 32.9 Å². The Hall–Kier alpha value is -7.17. The minimum atomic E-state index is -4.49. The summed E-state index contributed by atoms with van der Waals surface area (Å²) < 4.78 is 93.0. The van der Waals surface area contributed by atoms with Crippen molar-refractivity contribution in [3.63, 3.8) is 0 Å². The first-order valence-electron chi connectivity index (χ1n) is 17.5. The Kier molecular flexibility index (Phi) is 9.37. The van der Waals surface area contributed by atoms with Gasteiger partial charge in [0, 0.05) is 27.5 Å². The molecule has 8 aromatic rings. The second-order valence-electron chi connectivity index (χ2n) is 13.5. The molecule has 0 aliphatic heterocycles. The number of furan rings is 1. The van der Waals surface area contributed by atoms with Gasteiger partial charge in [0.15, 0.2) is 17.4 Å². The summed E-state index contributed by atoms with van der Waals surface area (Å²) >= 11 is 0. The molecule has 0 unspecified atom stereocenters. The number of hydrogen-bond donors (Lipinski definition) is 2. The number of aryl methyl sites for hydroxylation is 1. The van der Waals surface area contributed by atoms with E-state index in [9.17, 15) is 35.9 Å². The van der Waals surface area contributed by atoms with Gasteiger partial charge in [0.05, 0.1) is 47.7 Å². The molecule has 58 heavy (non-hydrogen) atoms. The minimum absolute atomic E-state index is 0.0104. The number of benzene rings is 4. The SMILES string of the molecule is Cc1cnoc1C(=O)Nc1nn(Cc2ccc(C(F)(F)F)cc2)c2ccc(-c3coc(C(=O)Nc4nn(Cc5ccc(C(F)(F)F)cc5)c5ccccc45)c3C)cc12. The predicted octanol–water partition coefficient (Wildman–Crippen LogP) is 9.89. The molecule has 0 aliphatic rings. The number of anilines is 2. The van der Waals surface area contributed by atoms with Crippen molar-refractivity contribution in [2.75, 3.05) is 10.6 Å². The number of aromatic nitrogens is 5. The zero-order chi connectivity index (χ0) is 40.9. The van der Waals surface area contributed by atoms with Gasteiger partial charge in [-0.3, -0.25) is 19.0 Å². The van der Waals surface area contributed by atoms with E-state index in [0.29, 0.717) is 55.2 Å². The summed E-state index contributed by atoms with van der Waals surface area (Å²) in [5.41, 5.74) is 2.85. The number of alkyl halides is 6. The van der Waals surface area contributed by atoms with Gasteiger partial charge in [0.25, 0.3) is 11.8 Å². The quantitative estimate of drug-likeness (QED) is 0.139. The average molecular weight is 798 g/mol. The topological polar surface area (TPSA) is 133 Å². The zero-order valence-corrected chi connectivity index (χ0v) is 30.4. The lowest BCUT2D eigenvalue weighted by molar-refractivity contribution is -0.138. The Labute approximate surface area is 323 Å². The van der Waals surface area contributed by atoms with Crippen LogP contribution >= 0.6 is 0 Å². The van der Waals surface area contributed by atoms with E-state index in [1.54, 1.807) is 65.7 Å². The van der Waals surface area contributed by atoms with Gasteiger partial charge in [-0.15, -0.1) is 0 Å². The van der Waals surface area contributed by atoms with Gasteiger partial charge in [-0.05, 0) is 79.1 Å². The fraction of sp³-hybridized carbons (Fsp3) is 0.146. The van der Waals surface area contributed by atoms with Crippen molar-refractivity contribution in [2.45, 2.75) is 39.3 Å². The molecule has 0 saturated carbocycles. The normalized spacial score (nSPS) is 12.1. The number of amides is 2. The van der Waals surface area contributed by atoms with E-state index in [2.05, 4.69) is 26.0 Å². The summed E-state index contributed by atoms with van der Waals surface area (Å²) in [6, 6.07) is 21.8. The van der Waals surface area contributed by atoms with Gasteiger partial charge < -0.3 is 19.6 Å². The van der Waals surface area contributed by atoms with Gasteiger partial charge in [-0.1, -0.05) is 47.6 Å². The lowest BCUT2D eigenvalue weighted by atomic mass is 10.0. The number of halogens is 6. The number of carbonyl (C=O) groups is 2. The third-order valence-corrected chi connectivity index (χ3v) is 9.61. The van der Waals surface area contributed by atoms with Crippen molar-refractivity contribution in [3.8, 4) is 11.1 Å². The van der Waals surface area contributed by atoms with Crippen molar-refractivity contribution < 1.29 is 44.9 Å². The van der Waals surface area contributed by atoms with Crippen LogP contribution < -0.4 is 10.6 Å². The van der Waals surface area contributed by atoms with E-state index in [-0.39, 0.29) is 36.2 Å². The van der Waals surface area contributed by atoms with Crippen molar-refractivity contribution in [2.24, 2.45) is 0 Å². The molecular weight excluding hydrogens is 768 g/mol. The fourth-order valence-electron chi connectivity index (χ4n) is 6.61. The Morgan fingerprint density at radius 1 is 0.672 bits per heavy atom. The van der Waals surface area contributed by atoms with Crippen LogP contribution in [0.1, 0.15) is 54.5 Å². The second-order valence-corrected chi connectivity index (χ2v) is 13.5. The maximum atomic E-state index is 13.7. The first-order chi connectivity index (χ1) is 27.6. The Morgan fingerprint density at radius 3 is 1.76 bits per heavy atom. The monoisotopic (exact) mass is 797 g/mol. The van der Waals surface area contributed by atoms with Gasteiger partial charge in [-0.2, -0.15) is 36.5 Å². The third-order valence-electron chi connectivity index (χ3n) is 9.61. The maximum Gasteiger partial charge on any atom is 0.416 e. The Bertz CT molecular complexity index is 2830. The van der Waals surface area contributed by atoms with E-state index in [4.69, 9.17) is 8.94 Å². The molecule has 0 radical (unpaired) electrons. The highest BCUT2D eigenvalue weighted by Crippen LogP contribution is 2.35. The van der Waals surface area contributed by atoms with Crippen LogP contribution in [-0.4, -0.2) is 36.5 Å². The highest BCUT2D eigenvalue weighted by atomic mass is 19.4. The number of nitrogens with zero attached hydrogens (tertiary/aromatic N) is 5. The first kappa shape index (κ1) is 37.7. The minimum Gasteiger partial charge on any atom is -0.458 e. The number of hydrogen-bond acceptors (Lipinski definition) is 7. The highest BCUT2D eigenvalue weighted by Gasteiger charge is 2.31. The van der Waals surface area contributed by atoms with Crippen molar-refractivity contribution in [3.05, 3.63) is 148 Å². The molecule has 0 fully saturated rings. The van der Waals surface area contributed by atoms with Gasteiger partial charge in [0.2, 0.25) is 5.76 Å². The van der Waals surface area contributed by atoms with E-state index < -0.39 is 35.3 Å². The molecule has 4 heterocycles. The molecule has 8 rings (SSSR count). The van der Waals surface area contributed by atoms with Gasteiger partial charge >= 0.3 is 12.4 Å². The zero-order valence-electron chi connectivity index (χ0n) is 30.4. The summed E-state index contributed by atoms with van der Waals surface area (Å²) in [4.78, 5) is 26.9. The Balaban J connectivity index is 1.08. The molecule has 294 valence electrons. The number of rotatable bonds is 9. The van der Waals surface area contributed by atoms with E-state index in [0.717, 1.165) is 24.3 Å². The molecule has 17 heteroatoms. The highest BCUT2D eigenvalue weighted by molar-refractivity contribution is 6.09. The molecule has 0 spiro atoms. The number of fused-ring (bicyclic) bond motifs is 2. The van der Waals surface area contributed by atoms with E-state index in [1.807, 2.05) is 0 Å². The van der Waals surface area contributed by atoms with E-state index in [1.165, 1.54) is 36.7 Å². The standard InChI is InChI=1S/C41H29F6N7O4/c1-22-18-48-58-34(22)38(55)50-37-30-17-26(11-16-33(30)54(52-37)20-25-9-14-28(15-10-25)41(45,46)47)31-21-57-35(23(31)2)39(56)49-36-29-5-3-4-6-32(29)53(51-36)19-24-7-12-27(13-8-24)40(42,43)44/h3-18,21H,19-20H2,1-2H3,(H,49,51,56)(H,50,52,55). The average Bonchev–Trinajstić information content (AvgIpc) is 3.96. The van der Waals surface area contributed by atoms with Crippen LogP contribution in [0.4, 0.5) is 38.0 Å². The van der Waals surface area contributed by atoms with Crippen LogP contribution in [0.15, 0.2) is 112 Å². The maximum absolute atomic E-state index is 13.7. The molecule has 0 saturated heterocycles. The molecule has 11 nitrogen and oxygen atoms in total. The third kappa shape index (κ3) is 7.29. The largest absolute Gasteiger partial charge is 0.458 e. The molecule has 0 bridgehead atoms. The van der Waals surface area contributed by atoms with Crippen molar-refractivity contribution in [1.82, 2.24) is 24.7 Å². The van der Waals surface area contributed by atoms with Crippen LogP contribution in [-0.2, 0) is 25.4 Å². The number of carbonyl (C=O) groups excluding carboxylic acids is 2. The van der Waals surface area contributed by atoms with Gasteiger partial charge in [-0.25, -0.2) is 0 Å². The lowest BCUT2D eigenvalue weighted by Gasteiger charge is -2.08.